The van der Waals surface area contributed by atoms with Gasteiger partial charge in [-0.3, -0.25) is 19.5 Å². The first kappa shape index (κ1) is 20.8. The predicted octanol–water partition coefficient (Wildman–Crippen LogP) is 1.54. The second kappa shape index (κ2) is 9.03. The van der Waals surface area contributed by atoms with Gasteiger partial charge in [-0.05, 0) is 26.3 Å². The third-order valence-electron chi connectivity index (χ3n) is 5.53. The summed E-state index contributed by atoms with van der Waals surface area (Å²) in [6.45, 7) is 12.0. The number of urea groups is 1. The number of carbonyl (C=O) groups is 2. The molecule has 7 nitrogen and oxygen atoms in total. The Labute approximate surface area is 167 Å². The van der Waals surface area contributed by atoms with E-state index in [4.69, 9.17) is 4.74 Å². The number of benzene rings is 1. The maximum absolute atomic E-state index is 12.5. The molecule has 3 amide bonds. The van der Waals surface area contributed by atoms with Gasteiger partial charge in [0.2, 0.25) is 0 Å². The third-order valence-corrected chi connectivity index (χ3v) is 5.53. The molecule has 28 heavy (non-hydrogen) atoms. The summed E-state index contributed by atoms with van der Waals surface area (Å²) < 4.78 is 5.45. The van der Waals surface area contributed by atoms with Crippen LogP contribution in [0.1, 0.15) is 26.3 Å². The van der Waals surface area contributed by atoms with Crippen molar-refractivity contribution in [3.05, 3.63) is 35.9 Å². The minimum absolute atomic E-state index is 0.155. The number of nitrogens with zero attached hydrogens (tertiary/aromatic N) is 3. The molecule has 0 saturated carbocycles. The molecule has 1 atom stereocenters. The largest absolute Gasteiger partial charge is 0.379 e. The van der Waals surface area contributed by atoms with Gasteiger partial charge in [0.25, 0.3) is 5.91 Å². The lowest BCUT2D eigenvalue weighted by Crippen LogP contribution is -2.48. The van der Waals surface area contributed by atoms with Crippen LogP contribution in [0.5, 0.6) is 0 Å². The molecule has 0 spiro atoms. The summed E-state index contributed by atoms with van der Waals surface area (Å²) in [7, 11) is 0. The second-order valence-electron chi connectivity index (χ2n) is 8.23. The zero-order chi connectivity index (χ0) is 20.1. The fourth-order valence-corrected chi connectivity index (χ4v) is 3.80. The van der Waals surface area contributed by atoms with Gasteiger partial charge < -0.3 is 10.1 Å². The Morgan fingerprint density at radius 3 is 2.46 bits per heavy atom. The summed E-state index contributed by atoms with van der Waals surface area (Å²) in [6.07, 6.45) is 0. The number of amides is 3. The molecule has 2 heterocycles. The maximum atomic E-state index is 12.5. The Kier molecular flexibility index (Phi) is 6.69. The monoisotopic (exact) mass is 388 g/mol. The molecule has 1 N–H and O–H groups in total. The third kappa shape index (κ3) is 5.10. The summed E-state index contributed by atoms with van der Waals surface area (Å²) in [6, 6.07) is 10.3. The van der Waals surface area contributed by atoms with Crippen LogP contribution in [0.15, 0.2) is 30.3 Å². The molecule has 154 valence electrons. The van der Waals surface area contributed by atoms with E-state index in [2.05, 4.69) is 34.2 Å². The fourth-order valence-electron chi connectivity index (χ4n) is 3.80. The minimum atomic E-state index is -0.819. The van der Waals surface area contributed by atoms with Crippen molar-refractivity contribution in [2.75, 3.05) is 45.9 Å². The van der Waals surface area contributed by atoms with Crippen LogP contribution in [0.2, 0.25) is 0 Å². The fraction of sp³-hybridized carbons (Fsp3) is 0.619. The zero-order valence-corrected chi connectivity index (χ0v) is 17.2. The van der Waals surface area contributed by atoms with Crippen molar-refractivity contribution in [3.8, 4) is 0 Å². The molecule has 0 aromatic heterocycles. The quantitative estimate of drug-likeness (QED) is 0.685. The van der Waals surface area contributed by atoms with E-state index in [1.54, 1.807) is 13.8 Å². The molecule has 7 heteroatoms. The highest BCUT2D eigenvalue weighted by Crippen LogP contribution is 2.17. The van der Waals surface area contributed by atoms with E-state index in [1.165, 1.54) is 10.5 Å². The van der Waals surface area contributed by atoms with E-state index in [9.17, 15) is 9.59 Å². The zero-order valence-electron chi connectivity index (χ0n) is 17.2. The molecule has 2 aliphatic heterocycles. The van der Waals surface area contributed by atoms with Crippen molar-refractivity contribution in [1.29, 1.82) is 0 Å². The number of imide groups is 1. The van der Waals surface area contributed by atoms with Crippen LogP contribution in [0.3, 0.4) is 0 Å². The molecule has 2 fully saturated rings. The number of hydrogen-bond acceptors (Lipinski definition) is 5. The van der Waals surface area contributed by atoms with Crippen molar-refractivity contribution in [2.24, 2.45) is 0 Å². The lowest BCUT2D eigenvalue weighted by atomic mass is 10.1. The van der Waals surface area contributed by atoms with Crippen LogP contribution in [-0.4, -0.2) is 84.2 Å². The van der Waals surface area contributed by atoms with E-state index in [0.717, 1.165) is 39.4 Å². The smallest absolute Gasteiger partial charge is 0.325 e. The van der Waals surface area contributed by atoms with E-state index < -0.39 is 5.54 Å². The molecule has 1 unspecified atom stereocenters. The van der Waals surface area contributed by atoms with E-state index in [0.29, 0.717) is 19.1 Å². The molecule has 2 aliphatic rings. The Balaban J connectivity index is 1.65. The van der Waals surface area contributed by atoms with Gasteiger partial charge in [-0.2, -0.15) is 0 Å². The van der Waals surface area contributed by atoms with Crippen molar-refractivity contribution >= 4 is 11.9 Å². The van der Waals surface area contributed by atoms with Gasteiger partial charge in [-0.15, -0.1) is 0 Å². The maximum Gasteiger partial charge on any atom is 0.325 e. The molecule has 0 aliphatic carbocycles. The van der Waals surface area contributed by atoms with Gasteiger partial charge in [0.05, 0.1) is 13.2 Å². The number of nitrogens with one attached hydrogen (secondary N) is 1. The first-order valence-electron chi connectivity index (χ1n) is 10.1. The van der Waals surface area contributed by atoms with Gasteiger partial charge in [-0.25, -0.2) is 4.79 Å². The summed E-state index contributed by atoms with van der Waals surface area (Å²) >= 11 is 0. The molecule has 0 bridgehead atoms. The highest BCUT2D eigenvalue weighted by Gasteiger charge is 2.44. The predicted molar refractivity (Wildman–Crippen MR) is 108 cm³/mol. The van der Waals surface area contributed by atoms with Gasteiger partial charge in [-0.1, -0.05) is 30.3 Å². The Bertz CT molecular complexity index is 673. The van der Waals surface area contributed by atoms with Crippen LogP contribution < -0.4 is 5.32 Å². The van der Waals surface area contributed by atoms with Crippen LogP contribution in [0.4, 0.5) is 4.79 Å². The number of ether oxygens (including phenoxy) is 1. The number of hydrogen-bond donors (Lipinski definition) is 1. The van der Waals surface area contributed by atoms with Gasteiger partial charge in [0, 0.05) is 45.3 Å². The topological polar surface area (TPSA) is 65.1 Å². The Morgan fingerprint density at radius 2 is 1.86 bits per heavy atom. The van der Waals surface area contributed by atoms with E-state index in [-0.39, 0.29) is 11.9 Å². The molecule has 2 saturated heterocycles. The SMILES string of the molecule is CC(CN1CCOCC1)N(CCN1C(=O)NC(C)(C)C1=O)Cc1ccccc1. The van der Waals surface area contributed by atoms with E-state index >= 15 is 0 Å². The van der Waals surface area contributed by atoms with Crippen molar-refractivity contribution in [2.45, 2.75) is 38.9 Å². The normalized spacial score (nSPS) is 21.2. The lowest BCUT2D eigenvalue weighted by molar-refractivity contribution is -0.130. The Hall–Kier alpha value is -1.96. The molecule has 0 radical (unpaired) electrons. The Morgan fingerprint density at radius 1 is 1.18 bits per heavy atom. The van der Waals surface area contributed by atoms with Crippen LogP contribution >= 0.6 is 0 Å². The number of rotatable bonds is 8. The van der Waals surface area contributed by atoms with Crippen LogP contribution in [0.25, 0.3) is 0 Å². The van der Waals surface area contributed by atoms with E-state index in [1.807, 2.05) is 18.2 Å². The highest BCUT2D eigenvalue weighted by atomic mass is 16.5. The van der Waals surface area contributed by atoms with Crippen molar-refractivity contribution in [1.82, 2.24) is 20.0 Å². The standard InChI is InChI=1S/C21H32N4O3/c1-17(15-23-11-13-28-14-12-23)24(16-18-7-5-4-6-8-18)9-10-25-19(26)21(2,3)22-20(25)27/h4-8,17H,9-16H2,1-3H3,(H,22,27). The summed E-state index contributed by atoms with van der Waals surface area (Å²) in [5, 5.41) is 2.76. The molecule has 1 aromatic rings. The highest BCUT2D eigenvalue weighted by molar-refractivity contribution is 6.06. The minimum Gasteiger partial charge on any atom is -0.379 e. The summed E-state index contributed by atoms with van der Waals surface area (Å²) in [5.41, 5.74) is 0.412. The van der Waals surface area contributed by atoms with Gasteiger partial charge >= 0.3 is 6.03 Å². The molecule has 3 rings (SSSR count). The summed E-state index contributed by atoms with van der Waals surface area (Å²) in [5.74, 6) is -0.155. The molecular weight excluding hydrogens is 356 g/mol. The van der Waals surface area contributed by atoms with Gasteiger partial charge in [0.1, 0.15) is 5.54 Å². The first-order valence-corrected chi connectivity index (χ1v) is 10.1. The van der Waals surface area contributed by atoms with Crippen molar-refractivity contribution < 1.29 is 14.3 Å². The average molecular weight is 389 g/mol. The van der Waals surface area contributed by atoms with Crippen LogP contribution in [-0.2, 0) is 16.1 Å². The second-order valence-corrected chi connectivity index (χ2v) is 8.23. The van der Waals surface area contributed by atoms with Crippen LogP contribution in [0, 0.1) is 0 Å². The summed E-state index contributed by atoms with van der Waals surface area (Å²) in [4.78, 5) is 30.8. The number of carbonyl (C=O) groups excluding carboxylic acids is 2. The van der Waals surface area contributed by atoms with Crippen molar-refractivity contribution in [3.63, 3.8) is 0 Å². The molecular formula is C21H32N4O3. The first-order chi connectivity index (χ1) is 13.4. The molecule has 1 aromatic carbocycles. The number of morpholine rings is 1. The average Bonchev–Trinajstić information content (AvgIpc) is 2.87. The van der Waals surface area contributed by atoms with Gasteiger partial charge in [0.15, 0.2) is 0 Å². The lowest BCUT2D eigenvalue weighted by Gasteiger charge is -2.35.